The molecule has 80 valence electrons. The van der Waals surface area contributed by atoms with E-state index in [4.69, 9.17) is 10.8 Å². The Balaban J connectivity index is 2.10. The van der Waals surface area contributed by atoms with Crippen molar-refractivity contribution in [3.8, 4) is 0 Å². The lowest BCUT2D eigenvalue weighted by atomic mass is 10.3. The van der Waals surface area contributed by atoms with Crippen LogP contribution in [-0.2, 0) is 6.42 Å². The minimum Gasteiger partial charge on any atom is -0.390 e. The highest BCUT2D eigenvalue weighted by atomic mass is 79.9. The van der Waals surface area contributed by atoms with Gasteiger partial charge in [0.1, 0.15) is 0 Å². The third kappa shape index (κ3) is 4.52. The first-order chi connectivity index (χ1) is 6.72. The number of rotatable bonds is 6. The summed E-state index contributed by atoms with van der Waals surface area (Å²) in [6.45, 7) is 1.77. The van der Waals surface area contributed by atoms with Crippen molar-refractivity contribution in [3.63, 3.8) is 0 Å². The molecule has 1 atom stereocenters. The van der Waals surface area contributed by atoms with E-state index >= 15 is 0 Å². The van der Waals surface area contributed by atoms with Gasteiger partial charge in [0, 0.05) is 34.4 Å². The molecule has 4 N–H and O–H groups in total. The Hall–Kier alpha value is 0.0600. The molecule has 0 radical (unpaired) electrons. The molecule has 0 spiro atoms. The highest BCUT2D eigenvalue weighted by Gasteiger charge is 2.00. The van der Waals surface area contributed by atoms with Crippen LogP contribution in [0.2, 0.25) is 0 Å². The molecule has 1 aromatic rings. The van der Waals surface area contributed by atoms with E-state index in [1.165, 1.54) is 4.88 Å². The van der Waals surface area contributed by atoms with Crippen LogP contribution in [0.3, 0.4) is 0 Å². The molecule has 1 aromatic heterocycles. The molecule has 1 heterocycles. The van der Waals surface area contributed by atoms with Gasteiger partial charge in [0.05, 0.1) is 6.10 Å². The summed E-state index contributed by atoms with van der Waals surface area (Å²) in [6.07, 6.45) is 0.568. The number of aliphatic hydroxyl groups excluding tert-OH is 1. The SMILES string of the molecule is NCC(O)CNCCc1cc(Br)cs1. The van der Waals surface area contributed by atoms with Crippen molar-refractivity contribution < 1.29 is 5.11 Å². The lowest BCUT2D eigenvalue weighted by molar-refractivity contribution is 0.180. The van der Waals surface area contributed by atoms with Crippen molar-refractivity contribution in [3.05, 3.63) is 20.8 Å². The first-order valence-corrected chi connectivity index (χ1v) is 6.21. The highest BCUT2D eigenvalue weighted by Crippen LogP contribution is 2.19. The number of aliphatic hydroxyl groups is 1. The monoisotopic (exact) mass is 278 g/mol. The topological polar surface area (TPSA) is 58.3 Å². The van der Waals surface area contributed by atoms with Gasteiger partial charge in [0.25, 0.3) is 0 Å². The van der Waals surface area contributed by atoms with Gasteiger partial charge in [-0.25, -0.2) is 0 Å². The number of hydrogen-bond acceptors (Lipinski definition) is 4. The Bertz CT molecular complexity index is 267. The van der Waals surface area contributed by atoms with Crippen LogP contribution in [0.1, 0.15) is 4.88 Å². The smallest absolute Gasteiger partial charge is 0.0786 e. The second-order valence-corrected chi connectivity index (χ2v) is 4.99. The summed E-state index contributed by atoms with van der Waals surface area (Å²) >= 11 is 5.15. The maximum absolute atomic E-state index is 9.17. The average molecular weight is 279 g/mol. The largest absolute Gasteiger partial charge is 0.390 e. The molecule has 0 saturated heterocycles. The number of nitrogens with two attached hydrogens (primary N) is 1. The van der Waals surface area contributed by atoms with Crippen LogP contribution < -0.4 is 11.1 Å². The summed E-state index contributed by atoms with van der Waals surface area (Å²) in [5, 5.41) is 14.4. The van der Waals surface area contributed by atoms with Crippen LogP contribution in [0, 0.1) is 0 Å². The molecular weight excluding hydrogens is 264 g/mol. The zero-order chi connectivity index (χ0) is 10.4. The summed E-state index contributed by atoms with van der Waals surface area (Å²) in [5.74, 6) is 0. The highest BCUT2D eigenvalue weighted by molar-refractivity contribution is 9.10. The summed E-state index contributed by atoms with van der Waals surface area (Å²) in [6, 6.07) is 2.12. The fourth-order valence-electron chi connectivity index (χ4n) is 1.05. The number of halogens is 1. The molecule has 0 aliphatic carbocycles. The molecule has 0 aliphatic rings. The number of hydrogen-bond donors (Lipinski definition) is 3. The van der Waals surface area contributed by atoms with E-state index in [0.717, 1.165) is 17.4 Å². The van der Waals surface area contributed by atoms with Crippen molar-refractivity contribution in [2.24, 2.45) is 5.73 Å². The van der Waals surface area contributed by atoms with E-state index in [2.05, 4.69) is 32.7 Å². The van der Waals surface area contributed by atoms with Gasteiger partial charge in [-0.1, -0.05) is 0 Å². The lowest BCUT2D eigenvalue weighted by Crippen LogP contribution is -2.33. The second kappa shape index (κ2) is 6.53. The van der Waals surface area contributed by atoms with Crippen LogP contribution in [0.4, 0.5) is 0 Å². The van der Waals surface area contributed by atoms with Crippen molar-refractivity contribution in [2.45, 2.75) is 12.5 Å². The molecule has 3 nitrogen and oxygen atoms in total. The Morgan fingerprint density at radius 1 is 1.64 bits per heavy atom. The van der Waals surface area contributed by atoms with Gasteiger partial charge >= 0.3 is 0 Å². The minimum absolute atomic E-state index is 0.317. The van der Waals surface area contributed by atoms with Crippen LogP contribution in [0.25, 0.3) is 0 Å². The van der Waals surface area contributed by atoms with E-state index in [0.29, 0.717) is 13.1 Å². The van der Waals surface area contributed by atoms with E-state index in [1.807, 2.05) is 0 Å². The molecule has 0 amide bonds. The van der Waals surface area contributed by atoms with Gasteiger partial charge < -0.3 is 16.2 Å². The van der Waals surface area contributed by atoms with E-state index in [1.54, 1.807) is 11.3 Å². The summed E-state index contributed by atoms with van der Waals surface area (Å²) in [4.78, 5) is 1.34. The Morgan fingerprint density at radius 3 is 3.00 bits per heavy atom. The summed E-state index contributed by atoms with van der Waals surface area (Å²) in [5.41, 5.74) is 5.27. The quantitative estimate of drug-likeness (QED) is 0.680. The van der Waals surface area contributed by atoms with Gasteiger partial charge in [-0.05, 0) is 28.4 Å². The standard InChI is InChI=1S/C9H15BrN2OS/c10-7-3-9(14-6-7)1-2-12-5-8(13)4-11/h3,6,8,12-13H,1-2,4-5,11H2. The molecule has 0 bridgehead atoms. The van der Waals surface area contributed by atoms with Crippen molar-refractivity contribution in [2.75, 3.05) is 19.6 Å². The molecule has 5 heteroatoms. The van der Waals surface area contributed by atoms with Gasteiger partial charge in [-0.3, -0.25) is 0 Å². The fraction of sp³-hybridized carbons (Fsp3) is 0.556. The summed E-state index contributed by atoms with van der Waals surface area (Å²) < 4.78 is 1.14. The first-order valence-electron chi connectivity index (χ1n) is 4.54. The van der Waals surface area contributed by atoms with Crippen molar-refractivity contribution >= 4 is 27.3 Å². The fourth-order valence-corrected chi connectivity index (χ4v) is 2.50. The van der Waals surface area contributed by atoms with Crippen LogP contribution >= 0.6 is 27.3 Å². The van der Waals surface area contributed by atoms with Crippen LogP contribution in [0.15, 0.2) is 15.9 Å². The molecule has 14 heavy (non-hydrogen) atoms. The first kappa shape index (κ1) is 12.1. The van der Waals surface area contributed by atoms with E-state index in [9.17, 15) is 0 Å². The third-order valence-electron chi connectivity index (χ3n) is 1.82. The number of nitrogens with one attached hydrogen (secondary N) is 1. The zero-order valence-electron chi connectivity index (χ0n) is 7.87. The van der Waals surface area contributed by atoms with E-state index < -0.39 is 6.10 Å². The molecule has 1 rings (SSSR count). The Morgan fingerprint density at radius 2 is 2.43 bits per heavy atom. The maximum Gasteiger partial charge on any atom is 0.0786 e. The molecule has 1 unspecified atom stereocenters. The van der Waals surface area contributed by atoms with Crippen molar-refractivity contribution in [1.29, 1.82) is 0 Å². The van der Waals surface area contributed by atoms with Crippen molar-refractivity contribution in [1.82, 2.24) is 5.32 Å². The predicted octanol–water partition coefficient (Wildman–Crippen LogP) is 0.962. The Kier molecular flexibility index (Phi) is 5.66. The van der Waals surface area contributed by atoms with Crippen LogP contribution in [-0.4, -0.2) is 30.8 Å². The number of thiophene rings is 1. The minimum atomic E-state index is -0.426. The van der Waals surface area contributed by atoms with Gasteiger partial charge in [-0.2, -0.15) is 0 Å². The zero-order valence-corrected chi connectivity index (χ0v) is 10.3. The molecule has 0 fully saturated rings. The normalized spacial score (nSPS) is 13.1. The summed E-state index contributed by atoms with van der Waals surface area (Å²) in [7, 11) is 0. The van der Waals surface area contributed by atoms with E-state index in [-0.39, 0.29) is 0 Å². The average Bonchev–Trinajstić information content (AvgIpc) is 2.58. The predicted molar refractivity (Wildman–Crippen MR) is 63.7 cm³/mol. The second-order valence-electron chi connectivity index (χ2n) is 3.07. The molecule has 0 saturated carbocycles. The van der Waals surface area contributed by atoms with Crippen LogP contribution in [0.5, 0.6) is 0 Å². The molecule has 0 aromatic carbocycles. The third-order valence-corrected chi connectivity index (χ3v) is 3.58. The van der Waals surface area contributed by atoms with Gasteiger partial charge in [0.2, 0.25) is 0 Å². The Labute approximate surface area is 96.4 Å². The van der Waals surface area contributed by atoms with Gasteiger partial charge in [0.15, 0.2) is 0 Å². The molecular formula is C9H15BrN2OS. The van der Waals surface area contributed by atoms with Gasteiger partial charge in [-0.15, -0.1) is 11.3 Å². The maximum atomic E-state index is 9.17. The lowest BCUT2D eigenvalue weighted by Gasteiger charge is -2.08. The molecule has 0 aliphatic heterocycles.